The van der Waals surface area contributed by atoms with Crippen molar-refractivity contribution in [1.82, 2.24) is 9.38 Å². The molecule has 3 aromatic rings. The van der Waals surface area contributed by atoms with Crippen molar-refractivity contribution in [2.45, 2.75) is 0 Å². The Hall–Kier alpha value is -1.92. The number of aromatic carboxylic acids is 1. The van der Waals surface area contributed by atoms with Crippen molar-refractivity contribution in [3.63, 3.8) is 0 Å². The molecule has 3 heterocycles. The van der Waals surface area contributed by atoms with E-state index in [1.165, 1.54) is 34.1 Å². The zero-order chi connectivity index (χ0) is 12.9. The van der Waals surface area contributed by atoms with Crippen LogP contribution in [0.2, 0.25) is 4.34 Å². The lowest BCUT2D eigenvalue weighted by molar-refractivity contribution is 0.0696. The summed E-state index contributed by atoms with van der Waals surface area (Å²) in [7, 11) is 0. The molecule has 0 fully saturated rings. The molecule has 7 heteroatoms. The molecule has 0 bridgehead atoms. The number of hydrogen-bond donors (Lipinski definition) is 1. The lowest BCUT2D eigenvalue weighted by Gasteiger charge is -2.02. The van der Waals surface area contributed by atoms with Crippen LogP contribution >= 0.6 is 22.9 Å². The van der Waals surface area contributed by atoms with Gasteiger partial charge in [-0.25, -0.2) is 9.78 Å². The van der Waals surface area contributed by atoms with E-state index in [4.69, 9.17) is 16.7 Å². The van der Waals surface area contributed by atoms with Gasteiger partial charge in [0.1, 0.15) is 15.5 Å². The van der Waals surface area contributed by atoms with E-state index in [0.29, 0.717) is 20.9 Å². The Labute approximate surface area is 109 Å². The van der Waals surface area contributed by atoms with E-state index in [1.807, 2.05) is 0 Å². The Bertz CT molecular complexity index is 852. The molecular formula is C11H5ClN2O3S. The highest BCUT2D eigenvalue weighted by atomic mass is 35.5. The van der Waals surface area contributed by atoms with Crippen molar-refractivity contribution in [2.75, 3.05) is 0 Å². The van der Waals surface area contributed by atoms with Crippen LogP contribution in [0.3, 0.4) is 0 Å². The maximum atomic E-state index is 12.2. The molecule has 0 saturated carbocycles. The monoisotopic (exact) mass is 280 g/mol. The maximum absolute atomic E-state index is 12.2. The molecule has 0 aliphatic rings. The van der Waals surface area contributed by atoms with Gasteiger partial charge in [-0.1, -0.05) is 11.6 Å². The van der Waals surface area contributed by atoms with E-state index in [2.05, 4.69) is 4.98 Å². The van der Waals surface area contributed by atoms with Gasteiger partial charge in [-0.15, -0.1) is 11.3 Å². The van der Waals surface area contributed by atoms with Gasteiger partial charge >= 0.3 is 5.97 Å². The van der Waals surface area contributed by atoms with Gasteiger partial charge in [-0.3, -0.25) is 9.20 Å². The van der Waals surface area contributed by atoms with Gasteiger partial charge in [0, 0.05) is 11.6 Å². The zero-order valence-corrected chi connectivity index (χ0v) is 10.3. The summed E-state index contributed by atoms with van der Waals surface area (Å²) in [4.78, 5) is 27.3. The van der Waals surface area contributed by atoms with Crippen LogP contribution < -0.4 is 5.56 Å². The Morgan fingerprint density at radius 1 is 1.44 bits per heavy atom. The van der Waals surface area contributed by atoms with Crippen LogP contribution in [0.15, 0.2) is 28.5 Å². The number of halogens is 1. The van der Waals surface area contributed by atoms with Crippen LogP contribution in [0.5, 0.6) is 0 Å². The van der Waals surface area contributed by atoms with Crippen LogP contribution in [0.25, 0.3) is 16.6 Å². The fraction of sp³-hybridized carbons (Fsp3) is 0. The minimum atomic E-state index is -1.09. The van der Waals surface area contributed by atoms with Crippen LogP contribution in [-0.4, -0.2) is 20.5 Å². The maximum Gasteiger partial charge on any atom is 0.337 e. The van der Waals surface area contributed by atoms with Crippen LogP contribution in [-0.2, 0) is 0 Å². The topological polar surface area (TPSA) is 71.7 Å². The highest BCUT2D eigenvalue weighted by Gasteiger charge is 2.12. The van der Waals surface area contributed by atoms with Crippen LogP contribution in [0.4, 0.5) is 0 Å². The van der Waals surface area contributed by atoms with Crippen molar-refractivity contribution in [1.29, 1.82) is 0 Å². The first kappa shape index (κ1) is 11.2. The molecule has 0 aliphatic heterocycles. The first-order valence-electron chi connectivity index (χ1n) is 4.90. The quantitative estimate of drug-likeness (QED) is 0.742. The number of nitrogens with zero attached hydrogens (tertiary/aromatic N) is 2. The molecule has 3 aromatic heterocycles. The fourth-order valence-corrected chi connectivity index (χ4v) is 2.68. The molecular weight excluding hydrogens is 276 g/mol. The van der Waals surface area contributed by atoms with Gasteiger partial charge in [0.25, 0.3) is 5.56 Å². The van der Waals surface area contributed by atoms with Gasteiger partial charge in [-0.2, -0.15) is 0 Å². The van der Waals surface area contributed by atoms with Crippen LogP contribution in [0, 0.1) is 0 Å². The molecule has 0 saturated heterocycles. The number of pyridine rings is 1. The van der Waals surface area contributed by atoms with Gasteiger partial charge in [0.15, 0.2) is 0 Å². The number of hydrogen-bond acceptors (Lipinski definition) is 4. The number of fused-ring (bicyclic) bond motifs is 2. The largest absolute Gasteiger partial charge is 0.478 e. The molecule has 0 spiro atoms. The average Bonchev–Trinajstić information content (AvgIpc) is 2.71. The molecule has 0 unspecified atom stereocenters. The third-order valence-corrected chi connectivity index (χ3v) is 3.77. The van der Waals surface area contributed by atoms with E-state index in [-0.39, 0.29) is 11.1 Å². The summed E-state index contributed by atoms with van der Waals surface area (Å²) in [5.41, 5.74) is 0.542. The second kappa shape index (κ2) is 3.79. The Balaban J connectivity index is 2.50. The second-order valence-corrected chi connectivity index (χ2v) is 5.12. The molecule has 0 atom stereocenters. The molecule has 18 heavy (non-hydrogen) atoms. The summed E-state index contributed by atoms with van der Waals surface area (Å²) in [6, 6.07) is 2.88. The first-order valence-corrected chi connectivity index (χ1v) is 6.16. The minimum Gasteiger partial charge on any atom is -0.478 e. The molecule has 1 N–H and O–H groups in total. The lowest BCUT2D eigenvalue weighted by Crippen LogP contribution is -2.15. The summed E-state index contributed by atoms with van der Waals surface area (Å²) < 4.78 is 1.67. The summed E-state index contributed by atoms with van der Waals surface area (Å²) in [5, 5.41) is 10.9. The van der Waals surface area contributed by atoms with Crippen molar-refractivity contribution in [2.24, 2.45) is 0 Å². The molecule has 3 rings (SSSR count). The Morgan fingerprint density at radius 3 is 2.94 bits per heavy atom. The normalized spacial score (nSPS) is 11.2. The SMILES string of the molecule is O=C(O)c1ccc2nc3c(Cl)scc3c(=O)n2c1. The number of carboxylic acid groups (broad SMARTS) is 1. The minimum absolute atomic E-state index is 0.0343. The summed E-state index contributed by atoms with van der Waals surface area (Å²) in [6.45, 7) is 0. The van der Waals surface area contributed by atoms with Gasteiger partial charge in [-0.05, 0) is 12.1 Å². The van der Waals surface area contributed by atoms with E-state index < -0.39 is 5.97 Å². The number of rotatable bonds is 1. The standard InChI is InChI=1S/C11H5ClN2O3S/c12-9-8-6(4-18-9)10(15)14-3-5(11(16)17)1-2-7(14)13-8/h1-4H,(H,16,17). The number of aromatic nitrogens is 2. The smallest absolute Gasteiger partial charge is 0.337 e. The molecule has 90 valence electrons. The molecule has 0 aromatic carbocycles. The van der Waals surface area contributed by atoms with Crippen molar-refractivity contribution in [3.8, 4) is 0 Å². The molecule has 0 radical (unpaired) electrons. The fourth-order valence-electron chi connectivity index (χ4n) is 1.70. The summed E-state index contributed by atoms with van der Waals surface area (Å²) in [6.07, 6.45) is 1.26. The van der Waals surface area contributed by atoms with Crippen molar-refractivity contribution < 1.29 is 9.90 Å². The molecule has 0 amide bonds. The highest BCUT2D eigenvalue weighted by Crippen LogP contribution is 2.26. The molecule has 0 aliphatic carbocycles. The van der Waals surface area contributed by atoms with Gasteiger partial charge < -0.3 is 5.11 Å². The number of carbonyl (C=O) groups is 1. The average molecular weight is 281 g/mol. The Morgan fingerprint density at radius 2 is 2.22 bits per heavy atom. The third-order valence-electron chi connectivity index (χ3n) is 2.57. The number of thiophene rings is 1. The lowest BCUT2D eigenvalue weighted by atomic mass is 10.3. The second-order valence-electron chi connectivity index (χ2n) is 3.64. The first-order chi connectivity index (χ1) is 8.58. The van der Waals surface area contributed by atoms with E-state index in [0.717, 1.165) is 0 Å². The number of carboxylic acids is 1. The molecule has 5 nitrogen and oxygen atoms in total. The van der Waals surface area contributed by atoms with Crippen LogP contribution in [0.1, 0.15) is 10.4 Å². The van der Waals surface area contributed by atoms with Gasteiger partial charge in [0.05, 0.1) is 10.9 Å². The van der Waals surface area contributed by atoms with Gasteiger partial charge in [0.2, 0.25) is 0 Å². The predicted molar refractivity (Wildman–Crippen MR) is 68.8 cm³/mol. The van der Waals surface area contributed by atoms with E-state index in [9.17, 15) is 9.59 Å². The zero-order valence-electron chi connectivity index (χ0n) is 8.75. The summed E-state index contributed by atoms with van der Waals surface area (Å²) >= 11 is 7.17. The van der Waals surface area contributed by atoms with E-state index in [1.54, 1.807) is 5.38 Å². The van der Waals surface area contributed by atoms with Crippen molar-refractivity contribution in [3.05, 3.63) is 44.0 Å². The van der Waals surface area contributed by atoms with E-state index >= 15 is 0 Å². The predicted octanol–water partition coefficient (Wildman–Crippen LogP) is 2.26. The third kappa shape index (κ3) is 1.50. The summed E-state index contributed by atoms with van der Waals surface area (Å²) in [5.74, 6) is -1.09. The Kier molecular flexibility index (Phi) is 2.36. The highest BCUT2D eigenvalue weighted by molar-refractivity contribution is 7.16. The van der Waals surface area contributed by atoms with Crippen molar-refractivity contribution >= 4 is 45.5 Å².